The van der Waals surface area contributed by atoms with Crippen LogP contribution in [0.2, 0.25) is 0 Å². The van der Waals surface area contributed by atoms with Crippen LogP contribution in [0.4, 0.5) is 11.8 Å². The van der Waals surface area contributed by atoms with Crippen LogP contribution in [0.1, 0.15) is 51.6 Å². The topological polar surface area (TPSA) is 126 Å². The zero-order chi connectivity index (χ0) is 26.6. The van der Waals surface area contributed by atoms with Crippen LogP contribution in [0, 0.1) is 0 Å². The maximum Gasteiger partial charge on any atom is 0.225 e. The zero-order valence-electron chi connectivity index (χ0n) is 23.1. The van der Waals surface area contributed by atoms with E-state index in [1.807, 2.05) is 29.1 Å². The normalized spacial score (nSPS) is 15.0. The molecule has 11 heteroatoms. The summed E-state index contributed by atoms with van der Waals surface area (Å²) in [5, 5.41) is 27.0. The Balaban J connectivity index is 1.29. The predicted octanol–water partition coefficient (Wildman–Crippen LogP) is 2.76. The highest BCUT2D eigenvalue weighted by Gasteiger charge is 2.16. The number of aromatic nitrogens is 5. The largest absolute Gasteiger partial charge is 0.497 e. The number of ether oxygens (including phenoxy) is 1. The van der Waals surface area contributed by atoms with Gasteiger partial charge in [0.1, 0.15) is 17.3 Å². The van der Waals surface area contributed by atoms with Crippen molar-refractivity contribution >= 4 is 22.7 Å². The van der Waals surface area contributed by atoms with Gasteiger partial charge in [-0.25, -0.2) is 4.98 Å². The molecule has 0 bridgehead atoms. The molecule has 1 aromatic carbocycles. The van der Waals surface area contributed by atoms with Crippen LogP contribution in [0.15, 0.2) is 24.4 Å². The van der Waals surface area contributed by atoms with Gasteiger partial charge in [-0.1, -0.05) is 25.5 Å². The quantitative estimate of drug-likeness (QED) is 0.179. The highest BCUT2D eigenvalue weighted by molar-refractivity contribution is 5.91. The summed E-state index contributed by atoms with van der Waals surface area (Å²) in [5.74, 6) is 2.18. The Morgan fingerprint density at radius 3 is 2.79 bits per heavy atom. The molecule has 0 spiro atoms. The van der Waals surface area contributed by atoms with Gasteiger partial charge in [-0.3, -0.25) is 4.68 Å². The number of hydrogen-bond acceptors (Lipinski definition) is 10. The number of piperidine rings is 1. The molecule has 38 heavy (non-hydrogen) atoms. The molecule has 1 aliphatic rings. The monoisotopic (exact) mass is 524 g/mol. The molecule has 5 N–H and O–H groups in total. The predicted molar refractivity (Wildman–Crippen MR) is 153 cm³/mol. The van der Waals surface area contributed by atoms with Crippen molar-refractivity contribution in [2.75, 3.05) is 50.5 Å². The molecule has 1 atom stereocenters. The van der Waals surface area contributed by atoms with Crippen molar-refractivity contribution in [2.24, 2.45) is 0 Å². The number of rotatable bonds is 16. The number of benzene rings is 1. The number of nitrogens with one attached hydrogen (secondary N) is 5. The maximum absolute atomic E-state index is 5.44. The molecule has 3 aromatic rings. The lowest BCUT2D eigenvalue weighted by atomic mass is 10.1. The van der Waals surface area contributed by atoms with Gasteiger partial charge in [0.25, 0.3) is 0 Å². The Kier molecular flexibility index (Phi) is 10.9. The summed E-state index contributed by atoms with van der Waals surface area (Å²) in [5.41, 5.74) is 1.72. The van der Waals surface area contributed by atoms with Crippen LogP contribution in [0.25, 0.3) is 10.9 Å². The molecule has 1 fully saturated rings. The molecule has 2 aromatic heterocycles. The zero-order valence-corrected chi connectivity index (χ0v) is 23.1. The Labute approximate surface area is 225 Å². The molecule has 1 aliphatic heterocycles. The van der Waals surface area contributed by atoms with E-state index in [-0.39, 0.29) is 0 Å². The van der Waals surface area contributed by atoms with Gasteiger partial charge >= 0.3 is 0 Å². The Bertz CT molecular complexity index is 1110. The third-order valence-electron chi connectivity index (χ3n) is 6.98. The molecule has 1 saturated heterocycles. The van der Waals surface area contributed by atoms with Crippen molar-refractivity contribution in [3.8, 4) is 5.75 Å². The van der Waals surface area contributed by atoms with Crippen molar-refractivity contribution in [3.05, 3.63) is 30.1 Å². The fraction of sp³-hybridized carbons (Fsp3) is 0.630. The average Bonchev–Trinajstić information content (AvgIpc) is 3.41. The number of methoxy groups -OCH3 is 1. The minimum Gasteiger partial charge on any atom is -0.497 e. The molecule has 4 rings (SSSR count). The Hall–Kier alpha value is -3.02. The van der Waals surface area contributed by atoms with Crippen LogP contribution in [0.3, 0.4) is 0 Å². The molecule has 1 unspecified atom stereocenters. The molecule has 0 radical (unpaired) electrons. The van der Waals surface area contributed by atoms with E-state index >= 15 is 0 Å². The lowest BCUT2D eigenvalue weighted by Gasteiger charge is -2.25. The summed E-state index contributed by atoms with van der Waals surface area (Å²) in [7, 11) is 1.68. The van der Waals surface area contributed by atoms with E-state index in [1.54, 1.807) is 7.11 Å². The number of anilines is 2. The van der Waals surface area contributed by atoms with E-state index in [0.29, 0.717) is 24.6 Å². The van der Waals surface area contributed by atoms with Crippen LogP contribution in [0.5, 0.6) is 5.75 Å². The molecule has 3 heterocycles. The molecular formula is C27H44N10O. The standard InChI is InChI=1S/C27H44N10O/c1-4-6-20(5-2)30-14-13-29-15-16-37-19-22(35-36-37)18-31-27-33-25-8-7-23(38-3)17-24(25)26(34-27)32-21-9-11-28-12-10-21/h7-8,17,19-21,28-30H,4-6,9-16,18H2,1-3H3,(H2,31,32,33,34). The summed E-state index contributed by atoms with van der Waals surface area (Å²) in [6.07, 6.45) is 7.73. The lowest BCUT2D eigenvalue weighted by molar-refractivity contribution is 0.415. The third-order valence-corrected chi connectivity index (χ3v) is 6.98. The van der Waals surface area contributed by atoms with Crippen molar-refractivity contribution < 1.29 is 4.74 Å². The van der Waals surface area contributed by atoms with Crippen molar-refractivity contribution in [3.63, 3.8) is 0 Å². The van der Waals surface area contributed by atoms with Crippen molar-refractivity contribution in [1.29, 1.82) is 0 Å². The minimum atomic E-state index is 0.377. The van der Waals surface area contributed by atoms with Crippen molar-refractivity contribution in [1.82, 2.24) is 40.9 Å². The first-order valence-electron chi connectivity index (χ1n) is 14.1. The third kappa shape index (κ3) is 8.24. The van der Waals surface area contributed by atoms with Gasteiger partial charge in [-0.05, 0) is 57.0 Å². The molecule has 0 aliphatic carbocycles. The fourth-order valence-electron chi connectivity index (χ4n) is 4.76. The fourth-order valence-corrected chi connectivity index (χ4v) is 4.76. The summed E-state index contributed by atoms with van der Waals surface area (Å²) >= 11 is 0. The molecule has 0 amide bonds. The van der Waals surface area contributed by atoms with Gasteiger partial charge in [-0.2, -0.15) is 4.98 Å². The second-order valence-corrected chi connectivity index (χ2v) is 9.87. The second-order valence-electron chi connectivity index (χ2n) is 9.87. The average molecular weight is 525 g/mol. The van der Waals surface area contributed by atoms with Crippen LogP contribution < -0.4 is 31.3 Å². The maximum atomic E-state index is 5.44. The molecule has 0 saturated carbocycles. The van der Waals surface area contributed by atoms with Gasteiger partial charge in [-0.15, -0.1) is 5.10 Å². The molecule has 11 nitrogen and oxygen atoms in total. The minimum absolute atomic E-state index is 0.377. The van der Waals surface area contributed by atoms with E-state index in [9.17, 15) is 0 Å². The van der Waals surface area contributed by atoms with E-state index in [2.05, 4.69) is 50.7 Å². The van der Waals surface area contributed by atoms with Gasteiger partial charge in [0.2, 0.25) is 5.95 Å². The van der Waals surface area contributed by atoms with E-state index in [4.69, 9.17) is 14.7 Å². The van der Waals surface area contributed by atoms with E-state index in [1.165, 1.54) is 19.3 Å². The van der Waals surface area contributed by atoms with E-state index in [0.717, 1.165) is 80.3 Å². The summed E-state index contributed by atoms with van der Waals surface area (Å²) in [6.45, 7) is 10.6. The summed E-state index contributed by atoms with van der Waals surface area (Å²) in [4.78, 5) is 9.55. The van der Waals surface area contributed by atoms with Gasteiger partial charge in [0, 0.05) is 37.1 Å². The SMILES string of the molecule is CCCC(CC)NCCNCCn1cc(CNc2nc(NC3CCNCC3)c3cc(OC)ccc3n2)nn1. The van der Waals surface area contributed by atoms with Crippen LogP contribution in [-0.2, 0) is 13.1 Å². The highest BCUT2D eigenvalue weighted by atomic mass is 16.5. The second kappa shape index (κ2) is 14.8. The molecular weight excluding hydrogens is 480 g/mol. The Morgan fingerprint density at radius 2 is 2.00 bits per heavy atom. The molecule has 208 valence electrons. The highest BCUT2D eigenvalue weighted by Crippen LogP contribution is 2.27. The number of nitrogens with zero attached hydrogens (tertiary/aromatic N) is 5. The van der Waals surface area contributed by atoms with Crippen LogP contribution in [-0.4, -0.2) is 76.9 Å². The number of hydrogen-bond donors (Lipinski definition) is 5. The summed E-state index contributed by atoms with van der Waals surface area (Å²) in [6, 6.07) is 6.89. The first kappa shape index (κ1) is 28.0. The van der Waals surface area contributed by atoms with E-state index < -0.39 is 0 Å². The lowest BCUT2D eigenvalue weighted by Crippen LogP contribution is -2.35. The van der Waals surface area contributed by atoms with Crippen molar-refractivity contribution in [2.45, 2.75) is 71.1 Å². The number of fused-ring (bicyclic) bond motifs is 1. The first-order valence-corrected chi connectivity index (χ1v) is 14.1. The van der Waals surface area contributed by atoms with Gasteiger partial charge < -0.3 is 31.3 Å². The smallest absolute Gasteiger partial charge is 0.225 e. The van der Waals surface area contributed by atoms with Gasteiger partial charge in [0.15, 0.2) is 0 Å². The Morgan fingerprint density at radius 1 is 1.13 bits per heavy atom. The van der Waals surface area contributed by atoms with Crippen LogP contribution >= 0.6 is 0 Å². The van der Waals surface area contributed by atoms with Gasteiger partial charge in [0.05, 0.1) is 31.9 Å². The summed E-state index contributed by atoms with van der Waals surface area (Å²) < 4.78 is 7.32. The first-order chi connectivity index (χ1) is 18.7.